The molecule has 29 heavy (non-hydrogen) atoms. The summed E-state index contributed by atoms with van der Waals surface area (Å²) in [5.41, 5.74) is 6.23. The van der Waals surface area contributed by atoms with Gasteiger partial charge in [0.25, 0.3) is 0 Å². The van der Waals surface area contributed by atoms with Crippen LogP contribution < -0.4 is 14.9 Å². The van der Waals surface area contributed by atoms with E-state index in [-0.39, 0.29) is 6.61 Å². The number of rotatable bonds is 8. The predicted molar refractivity (Wildman–Crippen MR) is 104 cm³/mol. The summed E-state index contributed by atoms with van der Waals surface area (Å²) < 4.78 is 14.7. The van der Waals surface area contributed by atoms with Crippen molar-refractivity contribution in [2.24, 2.45) is 0 Å². The van der Waals surface area contributed by atoms with Gasteiger partial charge in [-0.05, 0) is 47.2 Å². The van der Waals surface area contributed by atoms with Crippen LogP contribution in [0.3, 0.4) is 0 Å². The van der Waals surface area contributed by atoms with Gasteiger partial charge in [-0.15, -0.1) is 15.3 Å². The Morgan fingerprint density at radius 2 is 1.79 bits per heavy atom. The Hall–Kier alpha value is -3.95. The molecule has 4 aromatic rings. The van der Waals surface area contributed by atoms with Gasteiger partial charge in [0.05, 0.1) is 19.3 Å². The number of ether oxygens (including phenoxy) is 2. The first-order chi connectivity index (χ1) is 14.2. The van der Waals surface area contributed by atoms with Crippen molar-refractivity contribution in [1.29, 1.82) is 0 Å². The molecule has 0 spiro atoms. The summed E-state index contributed by atoms with van der Waals surface area (Å²) in [6.07, 6.45) is 3.18. The fourth-order valence-electron chi connectivity index (χ4n) is 2.73. The second-order valence-corrected chi connectivity index (χ2v) is 6.32. The summed E-state index contributed by atoms with van der Waals surface area (Å²) in [6.45, 7) is 2.82. The SMILES string of the molecule is COc1cc(CNn2cnnc2)ccc1OCc1nnnn1-c1ccc(C)cc1. The minimum absolute atomic E-state index is 0.204. The van der Waals surface area contributed by atoms with E-state index >= 15 is 0 Å². The van der Waals surface area contributed by atoms with E-state index in [0.717, 1.165) is 11.3 Å². The van der Waals surface area contributed by atoms with Crippen LogP contribution >= 0.6 is 0 Å². The van der Waals surface area contributed by atoms with Gasteiger partial charge in [-0.2, -0.15) is 4.68 Å². The molecule has 0 amide bonds. The van der Waals surface area contributed by atoms with Crippen LogP contribution in [0.1, 0.15) is 17.0 Å². The predicted octanol–water partition coefficient (Wildman–Crippen LogP) is 1.89. The molecule has 10 nitrogen and oxygen atoms in total. The molecule has 0 aliphatic carbocycles. The average molecular weight is 392 g/mol. The van der Waals surface area contributed by atoms with E-state index in [2.05, 4.69) is 31.1 Å². The zero-order chi connectivity index (χ0) is 20.1. The maximum atomic E-state index is 5.93. The fourth-order valence-corrected chi connectivity index (χ4v) is 2.73. The maximum Gasteiger partial charge on any atom is 0.194 e. The van der Waals surface area contributed by atoms with Crippen molar-refractivity contribution in [2.75, 3.05) is 12.5 Å². The van der Waals surface area contributed by atoms with Gasteiger partial charge in [-0.3, -0.25) is 0 Å². The summed E-state index contributed by atoms with van der Waals surface area (Å²) in [5.74, 6) is 1.83. The van der Waals surface area contributed by atoms with Crippen LogP contribution in [-0.4, -0.2) is 42.2 Å². The molecule has 2 heterocycles. The van der Waals surface area contributed by atoms with Gasteiger partial charge < -0.3 is 14.9 Å². The molecule has 4 rings (SSSR count). The topological polar surface area (TPSA) is 105 Å². The molecule has 0 aliphatic heterocycles. The molecule has 0 bridgehead atoms. The molecular formula is C19H20N8O2. The summed E-state index contributed by atoms with van der Waals surface area (Å²) in [6, 6.07) is 13.7. The lowest BCUT2D eigenvalue weighted by atomic mass is 10.2. The number of methoxy groups -OCH3 is 1. The van der Waals surface area contributed by atoms with Crippen molar-refractivity contribution < 1.29 is 9.47 Å². The highest BCUT2D eigenvalue weighted by atomic mass is 16.5. The van der Waals surface area contributed by atoms with Gasteiger partial charge in [-0.1, -0.05) is 23.8 Å². The Bertz CT molecular complexity index is 1060. The van der Waals surface area contributed by atoms with Crippen molar-refractivity contribution in [3.8, 4) is 17.2 Å². The fraction of sp³-hybridized carbons (Fsp3) is 0.211. The van der Waals surface area contributed by atoms with Crippen LogP contribution in [0, 0.1) is 6.92 Å². The van der Waals surface area contributed by atoms with E-state index in [4.69, 9.17) is 9.47 Å². The van der Waals surface area contributed by atoms with Crippen LogP contribution in [0.2, 0.25) is 0 Å². The Kier molecular flexibility index (Phi) is 5.32. The number of aromatic nitrogens is 7. The first kappa shape index (κ1) is 18.4. The molecule has 2 aromatic carbocycles. The number of hydrogen-bond acceptors (Lipinski definition) is 8. The lowest BCUT2D eigenvalue weighted by molar-refractivity contribution is 0.273. The number of nitrogens with one attached hydrogen (secondary N) is 1. The molecular weight excluding hydrogens is 372 g/mol. The Labute approximate surface area is 167 Å². The van der Waals surface area contributed by atoms with Crippen molar-refractivity contribution in [2.45, 2.75) is 20.1 Å². The summed E-state index contributed by atoms with van der Waals surface area (Å²) >= 11 is 0. The van der Waals surface area contributed by atoms with Crippen LogP contribution in [0.5, 0.6) is 11.5 Å². The minimum Gasteiger partial charge on any atom is -0.493 e. The highest BCUT2D eigenvalue weighted by Gasteiger charge is 2.12. The van der Waals surface area contributed by atoms with Crippen molar-refractivity contribution in [1.82, 2.24) is 35.1 Å². The zero-order valence-corrected chi connectivity index (χ0v) is 16.1. The van der Waals surface area contributed by atoms with E-state index in [1.165, 1.54) is 5.56 Å². The average Bonchev–Trinajstić information content (AvgIpc) is 3.43. The molecule has 148 valence electrons. The molecule has 0 saturated heterocycles. The largest absolute Gasteiger partial charge is 0.493 e. The number of hydrogen-bond donors (Lipinski definition) is 1. The van der Waals surface area contributed by atoms with Crippen molar-refractivity contribution in [3.63, 3.8) is 0 Å². The number of aryl methyl sites for hydroxylation is 1. The smallest absolute Gasteiger partial charge is 0.194 e. The minimum atomic E-state index is 0.204. The van der Waals surface area contributed by atoms with Crippen LogP contribution in [0.4, 0.5) is 0 Å². The first-order valence-corrected chi connectivity index (χ1v) is 8.95. The Balaban J connectivity index is 1.44. The van der Waals surface area contributed by atoms with Crippen LogP contribution in [0.15, 0.2) is 55.1 Å². The third kappa shape index (κ3) is 4.32. The third-order valence-corrected chi connectivity index (χ3v) is 4.28. The first-order valence-electron chi connectivity index (χ1n) is 8.95. The third-order valence-electron chi connectivity index (χ3n) is 4.28. The number of nitrogens with zero attached hydrogens (tertiary/aromatic N) is 7. The molecule has 0 aliphatic rings. The van der Waals surface area contributed by atoms with E-state index in [0.29, 0.717) is 23.9 Å². The normalized spacial score (nSPS) is 10.7. The van der Waals surface area contributed by atoms with Crippen molar-refractivity contribution in [3.05, 3.63) is 72.1 Å². The quantitative estimate of drug-likeness (QED) is 0.485. The number of benzene rings is 2. The molecule has 0 atom stereocenters. The maximum absolute atomic E-state index is 5.93. The second-order valence-electron chi connectivity index (χ2n) is 6.32. The number of tetrazole rings is 1. The van der Waals surface area contributed by atoms with E-state index in [9.17, 15) is 0 Å². The highest BCUT2D eigenvalue weighted by molar-refractivity contribution is 5.43. The summed E-state index contributed by atoms with van der Waals surface area (Å²) in [7, 11) is 1.61. The van der Waals surface area contributed by atoms with Gasteiger partial charge in [0.15, 0.2) is 23.9 Å². The van der Waals surface area contributed by atoms with E-state index in [1.54, 1.807) is 29.1 Å². The Morgan fingerprint density at radius 3 is 2.55 bits per heavy atom. The van der Waals surface area contributed by atoms with Crippen LogP contribution in [-0.2, 0) is 13.2 Å². The van der Waals surface area contributed by atoms with Gasteiger partial charge in [0.1, 0.15) is 12.7 Å². The second kappa shape index (κ2) is 8.38. The molecule has 10 heteroatoms. The van der Waals surface area contributed by atoms with Gasteiger partial charge >= 0.3 is 0 Å². The van der Waals surface area contributed by atoms with Gasteiger partial charge in [0.2, 0.25) is 0 Å². The van der Waals surface area contributed by atoms with Crippen LogP contribution in [0.25, 0.3) is 5.69 Å². The molecule has 0 unspecified atom stereocenters. The monoisotopic (exact) mass is 392 g/mol. The molecule has 0 radical (unpaired) electrons. The summed E-state index contributed by atoms with van der Waals surface area (Å²) in [4.78, 5) is 0. The molecule has 0 saturated carbocycles. The van der Waals surface area contributed by atoms with Crippen molar-refractivity contribution >= 4 is 0 Å². The van der Waals surface area contributed by atoms with Gasteiger partial charge in [0, 0.05) is 0 Å². The summed E-state index contributed by atoms with van der Waals surface area (Å²) in [5, 5.41) is 19.4. The zero-order valence-electron chi connectivity index (χ0n) is 16.1. The van der Waals surface area contributed by atoms with E-state index < -0.39 is 0 Å². The highest BCUT2D eigenvalue weighted by Crippen LogP contribution is 2.29. The lowest BCUT2D eigenvalue weighted by Crippen LogP contribution is -2.12. The van der Waals surface area contributed by atoms with Gasteiger partial charge in [-0.25, -0.2) is 4.68 Å². The standard InChI is InChI=1S/C19H20N8O2/c1-14-3-6-16(7-4-14)27-19(23-24-25-27)11-29-17-8-5-15(9-18(17)28-2)10-22-26-12-20-21-13-26/h3-9,12-13,22H,10-11H2,1-2H3. The molecule has 2 aromatic heterocycles. The lowest BCUT2D eigenvalue weighted by Gasteiger charge is -2.13. The molecule has 1 N–H and O–H groups in total. The molecule has 0 fully saturated rings. The Morgan fingerprint density at radius 1 is 1.00 bits per heavy atom. The van der Waals surface area contributed by atoms with E-state index in [1.807, 2.05) is 49.4 Å².